The molecule has 0 bridgehead atoms. The Morgan fingerprint density at radius 2 is 1.72 bits per heavy atom. The molecule has 1 aliphatic rings. The van der Waals surface area contributed by atoms with Crippen molar-refractivity contribution >= 4 is 34.7 Å². The summed E-state index contributed by atoms with van der Waals surface area (Å²) in [5.74, 6) is -0.590. The Morgan fingerprint density at radius 3 is 2.44 bits per heavy atom. The summed E-state index contributed by atoms with van der Waals surface area (Å²) in [4.78, 5) is 28.2. The van der Waals surface area contributed by atoms with E-state index < -0.39 is 17.7 Å². The van der Waals surface area contributed by atoms with Gasteiger partial charge in [-0.2, -0.15) is 0 Å². The third-order valence-corrected chi connectivity index (χ3v) is 6.18. The molecule has 7 nitrogen and oxygen atoms in total. The lowest BCUT2D eigenvalue weighted by molar-refractivity contribution is -0.132. The van der Waals surface area contributed by atoms with E-state index in [2.05, 4.69) is 0 Å². The van der Waals surface area contributed by atoms with Gasteiger partial charge in [0.15, 0.2) is 0 Å². The molecule has 1 amide bonds. The first-order chi connectivity index (χ1) is 17.4. The Balaban J connectivity index is 1.94. The average Bonchev–Trinajstić information content (AvgIpc) is 3.17. The minimum atomic E-state index is -0.954. The second-order valence-electron chi connectivity index (χ2n) is 8.11. The quantitative estimate of drug-likeness (QED) is 0.236. The first-order valence-corrected chi connectivity index (χ1v) is 11.8. The van der Waals surface area contributed by atoms with Crippen molar-refractivity contribution in [1.82, 2.24) is 0 Å². The molecule has 1 atom stereocenters. The van der Waals surface area contributed by atoms with Crippen molar-refractivity contribution in [2.24, 2.45) is 0 Å². The maximum absolute atomic E-state index is 13.4. The maximum Gasteiger partial charge on any atom is 0.300 e. The first-order valence-electron chi connectivity index (χ1n) is 11.4. The van der Waals surface area contributed by atoms with Gasteiger partial charge in [-0.05, 0) is 42.8 Å². The van der Waals surface area contributed by atoms with E-state index in [1.54, 1.807) is 60.7 Å². The number of hydrogen-bond acceptors (Lipinski definition) is 6. The van der Waals surface area contributed by atoms with E-state index in [1.807, 2.05) is 6.92 Å². The van der Waals surface area contributed by atoms with Crippen molar-refractivity contribution in [3.05, 3.63) is 88.5 Å². The number of ether oxygens (including phenoxy) is 3. The summed E-state index contributed by atoms with van der Waals surface area (Å²) in [6.07, 6.45) is 0.820. The average molecular weight is 508 g/mol. The molecular formula is C28H26ClNO6. The number of benzene rings is 3. The lowest BCUT2D eigenvalue weighted by atomic mass is 9.94. The van der Waals surface area contributed by atoms with Gasteiger partial charge in [0, 0.05) is 22.9 Å². The number of para-hydroxylation sites is 1. The smallest absolute Gasteiger partial charge is 0.300 e. The minimum absolute atomic E-state index is 0.0752. The predicted octanol–water partition coefficient (Wildman–Crippen LogP) is 5.77. The normalized spacial score (nSPS) is 16.8. The lowest BCUT2D eigenvalue weighted by Gasteiger charge is -2.27. The molecule has 1 fully saturated rings. The van der Waals surface area contributed by atoms with Crippen LogP contribution in [-0.2, 0) is 9.59 Å². The Hall–Kier alpha value is -3.97. The van der Waals surface area contributed by atoms with Gasteiger partial charge in [0.1, 0.15) is 23.0 Å². The number of ketones is 1. The van der Waals surface area contributed by atoms with Gasteiger partial charge < -0.3 is 19.3 Å². The molecule has 3 aromatic rings. The number of Topliss-reactive ketones (excluding diaryl/α,β-unsaturated/α-hetero) is 1. The van der Waals surface area contributed by atoms with Gasteiger partial charge in [0.2, 0.25) is 0 Å². The highest BCUT2D eigenvalue weighted by Crippen LogP contribution is 2.45. The van der Waals surface area contributed by atoms with Gasteiger partial charge >= 0.3 is 0 Å². The number of aliphatic hydroxyl groups excluding tert-OH is 1. The van der Waals surface area contributed by atoms with Crippen LogP contribution in [0, 0.1) is 0 Å². The van der Waals surface area contributed by atoms with Crippen LogP contribution < -0.4 is 19.1 Å². The van der Waals surface area contributed by atoms with Crippen LogP contribution in [0.4, 0.5) is 5.69 Å². The molecule has 36 heavy (non-hydrogen) atoms. The predicted molar refractivity (Wildman–Crippen MR) is 138 cm³/mol. The number of anilines is 1. The van der Waals surface area contributed by atoms with Crippen LogP contribution >= 0.6 is 11.6 Å². The zero-order valence-corrected chi connectivity index (χ0v) is 20.9. The molecule has 186 valence electrons. The molecule has 0 saturated carbocycles. The highest BCUT2D eigenvalue weighted by Gasteiger charge is 2.48. The van der Waals surface area contributed by atoms with E-state index in [9.17, 15) is 14.7 Å². The number of methoxy groups -OCH3 is 2. The second-order valence-corrected chi connectivity index (χ2v) is 8.51. The van der Waals surface area contributed by atoms with E-state index in [1.165, 1.54) is 25.2 Å². The standard InChI is InChI=1S/C28H26ClNO6/c1-4-14-36-19-9-7-8-18(16-19)30-25(20-10-5-6-11-22(20)34-2)24(27(32)28(30)33)26(31)17-12-13-21(29)23(15-17)35-3/h5-13,15-16,25,31H,4,14H2,1-3H3/b26-24+. The van der Waals surface area contributed by atoms with E-state index in [0.717, 1.165) is 6.42 Å². The van der Waals surface area contributed by atoms with Crippen LogP contribution in [0.5, 0.6) is 17.2 Å². The van der Waals surface area contributed by atoms with Crippen molar-refractivity contribution in [1.29, 1.82) is 0 Å². The summed E-state index contributed by atoms with van der Waals surface area (Å²) in [7, 11) is 2.96. The number of nitrogens with zero attached hydrogens (tertiary/aromatic N) is 1. The molecule has 8 heteroatoms. The van der Waals surface area contributed by atoms with Crippen LogP contribution in [0.1, 0.15) is 30.5 Å². The van der Waals surface area contributed by atoms with Gasteiger partial charge in [-0.3, -0.25) is 14.5 Å². The number of amides is 1. The van der Waals surface area contributed by atoms with Crippen molar-refractivity contribution in [2.75, 3.05) is 25.7 Å². The number of carbonyl (C=O) groups excluding carboxylic acids is 2. The number of aliphatic hydroxyl groups is 1. The fourth-order valence-electron chi connectivity index (χ4n) is 4.19. The van der Waals surface area contributed by atoms with Crippen molar-refractivity contribution < 1.29 is 28.9 Å². The monoisotopic (exact) mass is 507 g/mol. The van der Waals surface area contributed by atoms with E-state index in [-0.39, 0.29) is 16.9 Å². The van der Waals surface area contributed by atoms with Crippen LogP contribution in [0.25, 0.3) is 5.76 Å². The summed E-state index contributed by atoms with van der Waals surface area (Å²) in [5, 5.41) is 11.7. The first kappa shape index (κ1) is 25.1. The van der Waals surface area contributed by atoms with Gasteiger partial charge in [-0.1, -0.05) is 42.8 Å². The molecule has 0 aliphatic carbocycles. The van der Waals surface area contributed by atoms with Crippen LogP contribution in [-0.4, -0.2) is 37.6 Å². The van der Waals surface area contributed by atoms with Crippen LogP contribution in [0.2, 0.25) is 5.02 Å². The molecule has 1 unspecified atom stereocenters. The Morgan fingerprint density at radius 1 is 0.972 bits per heavy atom. The van der Waals surface area contributed by atoms with Gasteiger partial charge in [-0.25, -0.2) is 0 Å². The molecule has 1 heterocycles. The summed E-state index contributed by atoms with van der Waals surface area (Å²) in [6.45, 7) is 2.51. The summed E-state index contributed by atoms with van der Waals surface area (Å²) in [5.41, 5.74) is 1.21. The SMILES string of the molecule is CCCOc1cccc(N2C(=O)C(=O)/C(=C(/O)c3ccc(Cl)c(OC)c3)C2c2ccccc2OC)c1. The van der Waals surface area contributed by atoms with Crippen LogP contribution in [0.15, 0.2) is 72.3 Å². The summed E-state index contributed by atoms with van der Waals surface area (Å²) in [6, 6.07) is 17.7. The number of rotatable bonds is 8. The fourth-order valence-corrected chi connectivity index (χ4v) is 4.39. The molecule has 0 radical (unpaired) electrons. The molecule has 4 rings (SSSR count). The fraction of sp³-hybridized carbons (Fsp3) is 0.214. The number of halogens is 1. The third kappa shape index (κ3) is 4.62. The highest BCUT2D eigenvalue weighted by molar-refractivity contribution is 6.51. The molecule has 0 spiro atoms. The molecular weight excluding hydrogens is 482 g/mol. The lowest BCUT2D eigenvalue weighted by Crippen LogP contribution is -2.29. The Kier molecular flexibility index (Phi) is 7.50. The zero-order valence-electron chi connectivity index (χ0n) is 20.2. The van der Waals surface area contributed by atoms with Crippen molar-refractivity contribution in [3.8, 4) is 17.2 Å². The Labute approximate surface area is 214 Å². The second kappa shape index (κ2) is 10.7. The van der Waals surface area contributed by atoms with E-state index >= 15 is 0 Å². The topological polar surface area (TPSA) is 85.3 Å². The van der Waals surface area contributed by atoms with Gasteiger partial charge in [-0.15, -0.1) is 0 Å². The molecule has 3 aromatic carbocycles. The third-order valence-electron chi connectivity index (χ3n) is 5.87. The molecule has 0 aromatic heterocycles. The van der Waals surface area contributed by atoms with Crippen LogP contribution in [0.3, 0.4) is 0 Å². The van der Waals surface area contributed by atoms with Gasteiger partial charge in [0.05, 0.1) is 37.5 Å². The maximum atomic E-state index is 13.4. The molecule has 1 saturated heterocycles. The van der Waals surface area contributed by atoms with E-state index in [4.69, 9.17) is 25.8 Å². The largest absolute Gasteiger partial charge is 0.507 e. The van der Waals surface area contributed by atoms with E-state index in [0.29, 0.717) is 40.1 Å². The number of carbonyl (C=O) groups is 2. The Bertz CT molecular complexity index is 1340. The molecule has 1 N–H and O–H groups in total. The highest BCUT2D eigenvalue weighted by atomic mass is 35.5. The summed E-state index contributed by atoms with van der Waals surface area (Å²) >= 11 is 6.15. The minimum Gasteiger partial charge on any atom is -0.507 e. The van der Waals surface area contributed by atoms with Crippen molar-refractivity contribution in [2.45, 2.75) is 19.4 Å². The molecule has 1 aliphatic heterocycles. The van der Waals surface area contributed by atoms with Crippen molar-refractivity contribution in [3.63, 3.8) is 0 Å². The van der Waals surface area contributed by atoms with Gasteiger partial charge in [0.25, 0.3) is 11.7 Å². The summed E-state index contributed by atoms with van der Waals surface area (Å²) < 4.78 is 16.6. The number of hydrogen-bond donors (Lipinski definition) is 1. The zero-order chi connectivity index (χ0) is 25.8.